The number of nitriles is 1. The number of rotatable bonds is 8. The summed E-state index contributed by atoms with van der Waals surface area (Å²) >= 11 is 0. The lowest BCUT2D eigenvalue weighted by Gasteiger charge is -2.27. The first-order valence-electron chi connectivity index (χ1n) is 12.1. The summed E-state index contributed by atoms with van der Waals surface area (Å²) in [5.74, 6) is 0.274. The molecule has 8 heteroatoms. The molecule has 7 nitrogen and oxygen atoms in total. The fraction of sp³-hybridized carbons (Fsp3) is 0.0968. The number of esters is 1. The Bertz CT molecular complexity index is 1560. The second-order valence-electron chi connectivity index (χ2n) is 8.69. The molecule has 0 bridgehead atoms. The lowest BCUT2D eigenvalue weighted by Crippen LogP contribution is -2.21. The first-order chi connectivity index (χ1) is 19.0. The number of fused-ring (bicyclic) bond motifs is 1. The molecule has 1 heterocycles. The number of carbonyl (C=O) groups is 1. The first kappa shape index (κ1) is 25.4. The number of carbonyl (C=O) groups excluding carboxylic acids is 1. The molecule has 5 rings (SSSR count). The van der Waals surface area contributed by atoms with Crippen molar-refractivity contribution in [2.24, 2.45) is 5.73 Å². The second kappa shape index (κ2) is 11.4. The quantitative estimate of drug-likeness (QED) is 0.237. The molecule has 1 unspecified atom stereocenters. The molecule has 0 amide bonds. The van der Waals surface area contributed by atoms with Crippen molar-refractivity contribution >= 4 is 5.97 Å². The standard InChI is InChI=1S/C31H23FN2O5/c32-22-11-9-20(10-12-22)18-36-24-8-4-5-21(15-24)30-26-14-13-25(16-28(26)39-31(34)27(30)17-33)38-29(35)19-37-23-6-2-1-3-7-23/h1-16,30H,18-19,34H2. The summed E-state index contributed by atoms with van der Waals surface area (Å²) in [6.07, 6.45) is 0. The zero-order chi connectivity index (χ0) is 27.2. The average Bonchev–Trinajstić information content (AvgIpc) is 2.95. The molecule has 1 atom stereocenters. The number of benzene rings is 4. The minimum Gasteiger partial charge on any atom is -0.489 e. The number of ether oxygens (including phenoxy) is 4. The molecule has 1 aliphatic heterocycles. The number of nitrogens with two attached hydrogens (primary N) is 1. The van der Waals surface area contributed by atoms with Crippen molar-refractivity contribution < 1.29 is 28.1 Å². The van der Waals surface area contributed by atoms with E-state index in [1.165, 1.54) is 12.1 Å². The minimum absolute atomic E-state index is 0.0384. The molecule has 0 saturated heterocycles. The Hall–Kier alpha value is -5.29. The Kier molecular flexibility index (Phi) is 7.41. The highest BCUT2D eigenvalue weighted by atomic mass is 19.1. The lowest BCUT2D eigenvalue weighted by molar-refractivity contribution is -0.136. The fourth-order valence-corrected chi connectivity index (χ4v) is 4.19. The van der Waals surface area contributed by atoms with Crippen molar-refractivity contribution in [3.05, 3.63) is 131 Å². The Morgan fingerprint density at radius 1 is 0.897 bits per heavy atom. The Morgan fingerprint density at radius 2 is 1.67 bits per heavy atom. The van der Waals surface area contributed by atoms with Gasteiger partial charge in [0.25, 0.3) is 0 Å². The van der Waals surface area contributed by atoms with Crippen LogP contribution in [-0.2, 0) is 11.4 Å². The highest BCUT2D eigenvalue weighted by Gasteiger charge is 2.31. The van der Waals surface area contributed by atoms with Gasteiger partial charge in [-0.2, -0.15) is 5.26 Å². The first-order valence-corrected chi connectivity index (χ1v) is 12.1. The zero-order valence-electron chi connectivity index (χ0n) is 20.7. The summed E-state index contributed by atoms with van der Waals surface area (Å²) in [4.78, 5) is 12.3. The third-order valence-electron chi connectivity index (χ3n) is 6.03. The van der Waals surface area contributed by atoms with Crippen LogP contribution in [0.2, 0.25) is 0 Å². The topological polar surface area (TPSA) is 104 Å². The van der Waals surface area contributed by atoms with Gasteiger partial charge in [0.15, 0.2) is 6.61 Å². The van der Waals surface area contributed by atoms with Gasteiger partial charge in [-0.3, -0.25) is 0 Å². The maximum absolute atomic E-state index is 13.2. The third kappa shape index (κ3) is 6.00. The summed E-state index contributed by atoms with van der Waals surface area (Å²) in [6.45, 7) is -0.0180. The average molecular weight is 523 g/mol. The highest BCUT2D eigenvalue weighted by Crippen LogP contribution is 2.44. The van der Waals surface area contributed by atoms with E-state index in [1.807, 2.05) is 24.3 Å². The monoisotopic (exact) mass is 522 g/mol. The molecule has 2 N–H and O–H groups in total. The van der Waals surface area contributed by atoms with Crippen LogP contribution in [0.15, 0.2) is 109 Å². The van der Waals surface area contributed by atoms with Gasteiger partial charge in [-0.25, -0.2) is 9.18 Å². The number of para-hydroxylation sites is 1. The number of halogens is 1. The van der Waals surface area contributed by atoms with Crippen LogP contribution in [0.25, 0.3) is 0 Å². The summed E-state index contributed by atoms with van der Waals surface area (Å²) < 4.78 is 35.7. The zero-order valence-corrected chi connectivity index (χ0v) is 20.7. The van der Waals surface area contributed by atoms with Gasteiger partial charge < -0.3 is 24.7 Å². The molecule has 39 heavy (non-hydrogen) atoms. The van der Waals surface area contributed by atoms with Gasteiger partial charge in [-0.15, -0.1) is 0 Å². The normalized spacial score (nSPS) is 14.0. The van der Waals surface area contributed by atoms with Crippen LogP contribution in [0.3, 0.4) is 0 Å². The third-order valence-corrected chi connectivity index (χ3v) is 6.03. The molecule has 194 valence electrons. The van der Waals surface area contributed by atoms with Gasteiger partial charge >= 0.3 is 5.97 Å². The summed E-state index contributed by atoms with van der Waals surface area (Å²) in [6, 6.07) is 29.4. The molecule has 0 radical (unpaired) electrons. The van der Waals surface area contributed by atoms with E-state index in [1.54, 1.807) is 60.7 Å². The molecular weight excluding hydrogens is 499 g/mol. The summed E-state index contributed by atoms with van der Waals surface area (Å²) in [5, 5.41) is 9.88. The molecule has 4 aromatic carbocycles. The van der Waals surface area contributed by atoms with Gasteiger partial charge in [0.1, 0.15) is 47.1 Å². The second-order valence-corrected chi connectivity index (χ2v) is 8.69. The summed E-state index contributed by atoms with van der Waals surface area (Å²) in [5.41, 5.74) is 8.63. The molecule has 4 aromatic rings. The van der Waals surface area contributed by atoms with Crippen LogP contribution in [0.5, 0.6) is 23.0 Å². The van der Waals surface area contributed by atoms with E-state index in [-0.39, 0.29) is 36.2 Å². The van der Waals surface area contributed by atoms with Crippen molar-refractivity contribution in [2.75, 3.05) is 6.61 Å². The van der Waals surface area contributed by atoms with Crippen LogP contribution in [0, 0.1) is 17.1 Å². The van der Waals surface area contributed by atoms with E-state index in [0.717, 1.165) is 11.1 Å². The molecule has 0 spiro atoms. The molecule has 0 aliphatic carbocycles. The smallest absolute Gasteiger partial charge is 0.349 e. The Labute approximate surface area is 224 Å². The summed E-state index contributed by atoms with van der Waals surface area (Å²) in [7, 11) is 0. The maximum Gasteiger partial charge on any atom is 0.349 e. The largest absolute Gasteiger partial charge is 0.489 e. The van der Waals surface area contributed by atoms with Crippen molar-refractivity contribution in [1.82, 2.24) is 0 Å². The molecule has 0 aromatic heterocycles. The Balaban J connectivity index is 1.34. The van der Waals surface area contributed by atoms with Crippen LogP contribution in [0.1, 0.15) is 22.6 Å². The lowest BCUT2D eigenvalue weighted by atomic mass is 9.83. The van der Waals surface area contributed by atoms with E-state index in [0.29, 0.717) is 22.8 Å². The van der Waals surface area contributed by atoms with Gasteiger partial charge in [0, 0.05) is 11.6 Å². The van der Waals surface area contributed by atoms with Gasteiger partial charge in [-0.05, 0) is 53.6 Å². The van der Waals surface area contributed by atoms with Crippen LogP contribution in [0.4, 0.5) is 4.39 Å². The van der Waals surface area contributed by atoms with Gasteiger partial charge in [-0.1, -0.05) is 48.5 Å². The predicted molar refractivity (Wildman–Crippen MR) is 140 cm³/mol. The van der Waals surface area contributed by atoms with Crippen LogP contribution < -0.4 is 24.7 Å². The van der Waals surface area contributed by atoms with Crippen LogP contribution >= 0.6 is 0 Å². The minimum atomic E-state index is -0.585. The number of hydrogen-bond acceptors (Lipinski definition) is 7. The van der Waals surface area contributed by atoms with E-state index < -0.39 is 11.9 Å². The van der Waals surface area contributed by atoms with E-state index >= 15 is 0 Å². The molecule has 1 aliphatic rings. The van der Waals surface area contributed by atoms with Crippen LogP contribution in [-0.4, -0.2) is 12.6 Å². The number of hydrogen-bond donors (Lipinski definition) is 1. The SMILES string of the molecule is N#CC1=C(N)Oc2cc(OC(=O)COc3ccccc3)ccc2C1c1cccc(OCc2ccc(F)cc2)c1. The van der Waals surface area contributed by atoms with E-state index in [2.05, 4.69) is 6.07 Å². The Morgan fingerprint density at radius 3 is 2.44 bits per heavy atom. The fourth-order valence-electron chi connectivity index (χ4n) is 4.19. The van der Waals surface area contributed by atoms with E-state index in [9.17, 15) is 14.4 Å². The highest BCUT2D eigenvalue weighted by molar-refractivity contribution is 5.74. The number of nitrogens with zero attached hydrogens (tertiary/aromatic N) is 1. The predicted octanol–water partition coefficient (Wildman–Crippen LogP) is 5.61. The maximum atomic E-state index is 13.2. The van der Waals surface area contributed by atoms with Crippen molar-refractivity contribution in [1.29, 1.82) is 5.26 Å². The van der Waals surface area contributed by atoms with Crippen molar-refractivity contribution in [3.63, 3.8) is 0 Å². The molecule has 0 fully saturated rings. The molecule has 0 saturated carbocycles. The van der Waals surface area contributed by atoms with E-state index in [4.69, 9.17) is 24.7 Å². The number of allylic oxidation sites excluding steroid dienone is 1. The van der Waals surface area contributed by atoms with Crippen molar-refractivity contribution in [3.8, 4) is 29.1 Å². The molecular formula is C31H23FN2O5. The van der Waals surface area contributed by atoms with Gasteiger partial charge in [0.2, 0.25) is 5.88 Å². The van der Waals surface area contributed by atoms with Crippen molar-refractivity contribution in [2.45, 2.75) is 12.5 Å². The van der Waals surface area contributed by atoms with Gasteiger partial charge in [0.05, 0.1) is 5.92 Å².